The Morgan fingerprint density at radius 3 is 2.16 bits per heavy atom. The van der Waals surface area contributed by atoms with Crippen LogP contribution in [0.2, 0.25) is 0 Å². The number of carbonyl (C=O) groups excluding carboxylic acids is 1. The standard InChI is InChI=1S/C22H29NO2/c1-4-7-17-22(25,18-13-9-8-10-14-18)20-16-12-11-15-19(20)21(24)23(5-2)6-3/h8-16,25H,4-7,17H2,1-3H3. The van der Waals surface area contributed by atoms with Crippen LogP contribution in [0.25, 0.3) is 0 Å². The zero-order valence-corrected chi connectivity index (χ0v) is 15.5. The van der Waals surface area contributed by atoms with Gasteiger partial charge >= 0.3 is 0 Å². The van der Waals surface area contributed by atoms with Gasteiger partial charge < -0.3 is 10.0 Å². The van der Waals surface area contributed by atoms with Gasteiger partial charge in [-0.05, 0) is 31.9 Å². The summed E-state index contributed by atoms with van der Waals surface area (Å²) in [7, 11) is 0. The number of amides is 1. The van der Waals surface area contributed by atoms with Gasteiger partial charge in [0.05, 0.1) is 0 Å². The average Bonchev–Trinajstić information content (AvgIpc) is 2.67. The average molecular weight is 339 g/mol. The molecule has 0 saturated carbocycles. The lowest BCUT2D eigenvalue weighted by Gasteiger charge is -2.32. The summed E-state index contributed by atoms with van der Waals surface area (Å²) in [5, 5.41) is 11.7. The van der Waals surface area contributed by atoms with Crippen LogP contribution < -0.4 is 0 Å². The Morgan fingerprint density at radius 2 is 1.56 bits per heavy atom. The van der Waals surface area contributed by atoms with Crippen molar-refractivity contribution in [3.63, 3.8) is 0 Å². The van der Waals surface area contributed by atoms with Crippen molar-refractivity contribution in [1.82, 2.24) is 4.90 Å². The molecule has 0 radical (unpaired) electrons. The number of benzene rings is 2. The molecule has 3 nitrogen and oxygen atoms in total. The monoisotopic (exact) mass is 339 g/mol. The highest BCUT2D eigenvalue weighted by molar-refractivity contribution is 5.96. The van der Waals surface area contributed by atoms with E-state index in [0.29, 0.717) is 30.6 Å². The van der Waals surface area contributed by atoms with Crippen molar-refractivity contribution < 1.29 is 9.90 Å². The molecular weight excluding hydrogens is 310 g/mol. The Kier molecular flexibility index (Phi) is 6.77. The molecule has 2 rings (SSSR count). The van der Waals surface area contributed by atoms with Crippen molar-refractivity contribution in [3.8, 4) is 0 Å². The zero-order valence-electron chi connectivity index (χ0n) is 15.5. The lowest BCUT2D eigenvalue weighted by molar-refractivity contribution is 0.0625. The fourth-order valence-electron chi connectivity index (χ4n) is 3.29. The Hall–Kier alpha value is -2.13. The first-order valence-electron chi connectivity index (χ1n) is 9.25. The highest BCUT2D eigenvalue weighted by Gasteiger charge is 2.34. The molecule has 1 amide bonds. The zero-order chi connectivity index (χ0) is 18.3. The maximum Gasteiger partial charge on any atom is 0.254 e. The van der Waals surface area contributed by atoms with Crippen molar-refractivity contribution in [2.24, 2.45) is 0 Å². The highest BCUT2D eigenvalue weighted by Crippen LogP contribution is 2.36. The maximum absolute atomic E-state index is 13.0. The summed E-state index contributed by atoms with van der Waals surface area (Å²) in [4.78, 5) is 14.8. The molecule has 134 valence electrons. The van der Waals surface area contributed by atoms with E-state index in [-0.39, 0.29) is 5.91 Å². The van der Waals surface area contributed by atoms with E-state index in [9.17, 15) is 9.90 Å². The molecular formula is C22H29NO2. The van der Waals surface area contributed by atoms with Gasteiger partial charge in [0.15, 0.2) is 0 Å². The first kappa shape index (κ1) is 19.2. The molecule has 0 saturated heterocycles. The number of rotatable bonds is 8. The van der Waals surface area contributed by atoms with Crippen molar-refractivity contribution >= 4 is 5.91 Å². The Bertz CT molecular complexity index is 679. The van der Waals surface area contributed by atoms with Crippen LogP contribution in [0.15, 0.2) is 54.6 Å². The molecule has 1 N–H and O–H groups in total. The third-order valence-corrected chi connectivity index (χ3v) is 4.80. The maximum atomic E-state index is 13.0. The number of hydrogen-bond acceptors (Lipinski definition) is 2. The second-order valence-corrected chi connectivity index (χ2v) is 6.35. The van der Waals surface area contributed by atoms with E-state index in [1.54, 1.807) is 4.90 Å². The number of nitrogens with zero attached hydrogens (tertiary/aromatic N) is 1. The summed E-state index contributed by atoms with van der Waals surface area (Å²) >= 11 is 0. The third kappa shape index (κ3) is 4.10. The molecule has 2 aromatic carbocycles. The minimum absolute atomic E-state index is 0.0218. The highest BCUT2D eigenvalue weighted by atomic mass is 16.3. The van der Waals surface area contributed by atoms with Gasteiger partial charge in [-0.3, -0.25) is 4.79 Å². The van der Waals surface area contributed by atoms with Gasteiger partial charge in [0.1, 0.15) is 5.60 Å². The smallest absolute Gasteiger partial charge is 0.254 e. The van der Waals surface area contributed by atoms with Crippen LogP contribution in [0.5, 0.6) is 0 Å². The SMILES string of the molecule is CCCCC(O)(c1ccccc1)c1ccccc1C(=O)N(CC)CC. The van der Waals surface area contributed by atoms with Crippen LogP contribution >= 0.6 is 0 Å². The lowest BCUT2D eigenvalue weighted by atomic mass is 9.80. The summed E-state index contributed by atoms with van der Waals surface area (Å²) < 4.78 is 0. The minimum atomic E-state index is -1.16. The third-order valence-electron chi connectivity index (χ3n) is 4.80. The number of carbonyl (C=O) groups is 1. The Labute approximate surface area is 151 Å². The number of aliphatic hydroxyl groups is 1. The molecule has 0 aromatic heterocycles. The molecule has 0 aliphatic carbocycles. The normalized spacial score (nSPS) is 13.3. The summed E-state index contributed by atoms with van der Waals surface area (Å²) in [6, 6.07) is 17.2. The Balaban J connectivity index is 2.57. The van der Waals surface area contributed by atoms with E-state index in [4.69, 9.17) is 0 Å². The van der Waals surface area contributed by atoms with Gasteiger partial charge in [-0.15, -0.1) is 0 Å². The van der Waals surface area contributed by atoms with Crippen LogP contribution in [-0.4, -0.2) is 29.0 Å². The van der Waals surface area contributed by atoms with Crippen LogP contribution in [0.1, 0.15) is 61.5 Å². The van der Waals surface area contributed by atoms with Gasteiger partial charge in [-0.25, -0.2) is 0 Å². The van der Waals surface area contributed by atoms with E-state index < -0.39 is 5.60 Å². The largest absolute Gasteiger partial charge is 0.380 e. The van der Waals surface area contributed by atoms with Crippen LogP contribution in [-0.2, 0) is 5.60 Å². The quantitative estimate of drug-likeness (QED) is 0.764. The first-order chi connectivity index (χ1) is 12.1. The van der Waals surface area contributed by atoms with Gasteiger partial charge in [-0.1, -0.05) is 68.3 Å². The van der Waals surface area contributed by atoms with Crippen molar-refractivity contribution in [3.05, 3.63) is 71.3 Å². The van der Waals surface area contributed by atoms with E-state index in [1.807, 2.05) is 68.4 Å². The van der Waals surface area contributed by atoms with E-state index in [0.717, 1.165) is 18.4 Å². The van der Waals surface area contributed by atoms with Crippen LogP contribution in [0.4, 0.5) is 0 Å². The van der Waals surface area contributed by atoms with Gasteiger partial charge in [0.25, 0.3) is 5.91 Å². The molecule has 0 aliphatic rings. The fourth-order valence-corrected chi connectivity index (χ4v) is 3.29. The lowest BCUT2D eigenvalue weighted by Crippen LogP contribution is -2.35. The molecule has 0 spiro atoms. The van der Waals surface area contributed by atoms with Crippen LogP contribution in [0, 0.1) is 0 Å². The predicted octanol–water partition coefficient (Wildman–Crippen LogP) is 4.59. The van der Waals surface area contributed by atoms with Crippen molar-refractivity contribution in [2.75, 3.05) is 13.1 Å². The molecule has 3 heteroatoms. The second kappa shape index (κ2) is 8.82. The molecule has 1 atom stereocenters. The van der Waals surface area contributed by atoms with E-state index >= 15 is 0 Å². The molecule has 0 heterocycles. The fraction of sp³-hybridized carbons (Fsp3) is 0.409. The van der Waals surface area contributed by atoms with Crippen molar-refractivity contribution in [1.29, 1.82) is 0 Å². The summed E-state index contributed by atoms with van der Waals surface area (Å²) in [5.41, 5.74) is 0.972. The van der Waals surface area contributed by atoms with E-state index in [2.05, 4.69) is 6.92 Å². The molecule has 2 aromatic rings. The molecule has 0 bridgehead atoms. The molecule has 25 heavy (non-hydrogen) atoms. The Morgan fingerprint density at radius 1 is 0.960 bits per heavy atom. The van der Waals surface area contributed by atoms with Crippen LogP contribution in [0.3, 0.4) is 0 Å². The molecule has 0 fully saturated rings. The predicted molar refractivity (Wildman–Crippen MR) is 103 cm³/mol. The van der Waals surface area contributed by atoms with Gasteiger partial charge in [0.2, 0.25) is 0 Å². The first-order valence-corrected chi connectivity index (χ1v) is 9.25. The second-order valence-electron chi connectivity index (χ2n) is 6.35. The minimum Gasteiger partial charge on any atom is -0.380 e. The summed E-state index contributed by atoms with van der Waals surface area (Å²) in [6.45, 7) is 7.37. The van der Waals surface area contributed by atoms with E-state index in [1.165, 1.54) is 0 Å². The summed E-state index contributed by atoms with van der Waals surface area (Å²) in [6.07, 6.45) is 2.47. The number of hydrogen-bond donors (Lipinski definition) is 1. The molecule has 0 aliphatic heterocycles. The topological polar surface area (TPSA) is 40.5 Å². The number of unbranched alkanes of at least 4 members (excludes halogenated alkanes) is 1. The van der Waals surface area contributed by atoms with Gasteiger partial charge in [0, 0.05) is 24.2 Å². The van der Waals surface area contributed by atoms with Gasteiger partial charge in [-0.2, -0.15) is 0 Å². The molecule has 1 unspecified atom stereocenters. The van der Waals surface area contributed by atoms with Crippen molar-refractivity contribution in [2.45, 2.75) is 45.6 Å². The summed E-state index contributed by atoms with van der Waals surface area (Å²) in [5.74, 6) is -0.0218.